The van der Waals surface area contributed by atoms with E-state index in [2.05, 4.69) is 4.98 Å². The number of aryl methyl sites for hydroxylation is 1. The van der Waals surface area contributed by atoms with Crippen LogP contribution in [0, 0.1) is 12.8 Å². The minimum Gasteiger partial charge on any atom is -0.480 e. The van der Waals surface area contributed by atoms with Gasteiger partial charge in [0.1, 0.15) is 6.04 Å². The molecule has 0 aliphatic carbocycles. The Balaban J connectivity index is 1.90. The third kappa shape index (κ3) is 2.89. The lowest BCUT2D eigenvalue weighted by Crippen LogP contribution is -2.42. The molecule has 0 radical (unpaired) electrons. The number of nitrogens with zero attached hydrogens (tertiary/aromatic N) is 1. The van der Waals surface area contributed by atoms with Crippen molar-refractivity contribution in [2.45, 2.75) is 25.8 Å². The van der Waals surface area contributed by atoms with Crippen LogP contribution in [-0.2, 0) is 14.3 Å². The first kappa shape index (κ1) is 16.5. The van der Waals surface area contributed by atoms with Crippen LogP contribution in [0.5, 0.6) is 0 Å². The Labute approximate surface area is 140 Å². The van der Waals surface area contributed by atoms with E-state index in [4.69, 9.17) is 4.74 Å². The van der Waals surface area contributed by atoms with Crippen molar-refractivity contribution in [1.29, 1.82) is 0 Å². The van der Waals surface area contributed by atoms with Crippen LogP contribution >= 0.6 is 0 Å². The molecule has 1 aromatic heterocycles. The van der Waals surface area contributed by atoms with Gasteiger partial charge in [-0.3, -0.25) is 14.5 Å². The second-order valence-electron chi connectivity index (χ2n) is 6.28. The molecule has 0 saturated carbocycles. The molecule has 24 heavy (non-hydrogen) atoms. The minimum absolute atomic E-state index is 0.134. The van der Waals surface area contributed by atoms with Gasteiger partial charge >= 0.3 is 11.9 Å². The zero-order chi connectivity index (χ0) is 17.3. The monoisotopic (exact) mass is 330 g/mol. The summed E-state index contributed by atoms with van der Waals surface area (Å²) in [5.41, 5.74) is 2.63. The molecule has 2 N–H and O–H groups in total. The first-order valence-electron chi connectivity index (χ1n) is 8.14. The van der Waals surface area contributed by atoms with Crippen LogP contribution in [0.4, 0.5) is 0 Å². The van der Waals surface area contributed by atoms with Crippen molar-refractivity contribution in [3.8, 4) is 0 Å². The second-order valence-corrected chi connectivity index (χ2v) is 6.28. The Morgan fingerprint density at radius 2 is 1.96 bits per heavy atom. The van der Waals surface area contributed by atoms with Crippen molar-refractivity contribution in [1.82, 2.24) is 9.88 Å². The zero-order valence-electron chi connectivity index (χ0n) is 13.9. The molecule has 128 valence electrons. The van der Waals surface area contributed by atoms with E-state index in [0.717, 1.165) is 22.2 Å². The predicted octanol–water partition coefficient (Wildman–Crippen LogP) is 2.49. The molecular weight excluding hydrogens is 308 g/mol. The van der Waals surface area contributed by atoms with Crippen LogP contribution in [0.2, 0.25) is 0 Å². The lowest BCUT2D eigenvalue weighted by Gasteiger charge is -2.35. The van der Waals surface area contributed by atoms with Gasteiger partial charge in [0.15, 0.2) is 0 Å². The number of aliphatic carboxylic acids is 1. The highest BCUT2D eigenvalue weighted by molar-refractivity contribution is 5.90. The summed E-state index contributed by atoms with van der Waals surface area (Å²) in [6.45, 7) is 3.04. The number of carboxylic acids is 1. The van der Waals surface area contributed by atoms with Gasteiger partial charge in [0.25, 0.3) is 0 Å². The van der Waals surface area contributed by atoms with E-state index in [1.165, 1.54) is 7.11 Å². The molecule has 1 aromatic carbocycles. The molecule has 0 unspecified atom stereocenters. The number of methoxy groups -OCH3 is 1. The molecule has 0 bridgehead atoms. The number of nitrogens with one attached hydrogen (secondary N) is 1. The van der Waals surface area contributed by atoms with Gasteiger partial charge in [0.2, 0.25) is 0 Å². The van der Waals surface area contributed by atoms with Crippen molar-refractivity contribution in [2.75, 3.05) is 20.2 Å². The minimum atomic E-state index is -0.862. The highest BCUT2D eigenvalue weighted by atomic mass is 16.5. The summed E-state index contributed by atoms with van der Waals surface area (Å²) < 4.78 is 4.80. The average Bonchev–Trinajstić information content (AvgIpc) is 2.91. The third-order valence-corrected chi connectivity index (χ3v) is 4.88. The normalized spacial score (nSPS) is 17.8. The number of hydrogen-bond acceptors (Lipinski definition) is 4. The van der Waals surface area contributed by atoms with Crippen molar-refractivity contribution < 1.29 is 19.4 Å². The van der Waals surface area contributed by atoms with Crippen molar-refractivity contribution >= 4 is 22.8 Å². The summed E-state index contributed by atoms with van der Waals surface area (Å²) in [6.07, 6.45) is 1.25. The van der Waals surface area contributed by atoms with Crippen molar-refractivity contribution in [3.05, 3.63) is 35.5 Å². The highest BCUT2D eigenvalue weighted by Gasteiger charge is 2.35. The molecule has 1 aliphatic heterocycles. The average molecular weight is 330 g/mol. The SMILES string of the molecule is COC(=O)C1CCN([C@@H](C(=O)O)c2c(C)[nH]c3ccccc23)CC1. The van der Waals surface area contributed by atoms with Gasteiger partial charge in [-0.2, -0.15) is 0 Å². The molecule has 0 amide bonds. The standard InChI is InChI=1S/C18H22N2O4/c1-11-15(13-5-3-4-6-14(13)19-11)16(17(21)22)20-9-7-12(8-10-20)18(23)24-2/h3-6,12,16,19H,7-10H2,1-2H3,(H,21,22)/t16-/m1/s1. The zero-order valence-corrected chi connectivity index (χ0v) is 13.9. The number of rotatable bonds is 4. The molecule has 1 fully saturated rings. The number of likely N-dealkylation sites (tertiary alicyclic amines) is 1. The van der Waals surface area contributed by atoms with Gasteiger partial charge in [-0.05, 0) is 25.8 Å². The van der Waals surface area contributed by atoms with Crippen LogP contribution in [0.25, 0.3) is 10.9 Å². The Bertz CT molecular complexity index is 759. The van der Waals surface area contributed by atoms with Crippen molar-refractivity contribution in [3.63, 3.8) is 0 Å². The number of fused-ring (bicyclic) bond motifs is 1. The second kappa shape index (κ2) is 6.65. The van der Waals surface area contributed by atoms with E-state index in [-0.39, 0.29) is 11.9 Å². The van der Waals surface area contributed by atoms with Crippen molar-refractivity contribution in [2.24, 2.45) is 5.92 Å². The van der Waals surface area contributed by atoms with Gasteiger partial charge in [-0.15, -0.1) is 0 Å². The molecule has 2 heterocycles. The number of esters is 1. The van der Waals surface area contributed by atoms with Crippen LogP contribution in [-0.4, -0.2) is 47.1 Å². The number of hydrogen-bond donors (Lipinski definition) is 2. The first-order valence-corrected chi connectivity index (χ1v) is 8.14. The largest absolute Gasteiger partial charge is 0.480 e. The fraction of sp³-hybridized carbons (Fsp3) is 0.444. The molecule has 0 spiro atoms. The predicted molar refractivity (Wildman–Crippen MR) is 89.7 cm³/mol. The maximum Gasteiger partial charge on any atom is 0.325 e. The smallest absolute Gasteiger partial charge is 0.325 e. The molecule has 1 saturated heterocycles. The van der Waals surface area contributed by atoms with E-state index < -0.39 is 12.0 Å². The summed E-state index contributed by atoms with van der Waals surface area (Å²) >= 11 is 0. The number of aromatic nitrogens is 1. The third-order valence-electron chi connectivity index (χ3n) is 4.88. The van der Waals surface area contributed by atoms with Gasteiger partial charge in [0.05, 0.1) is 13.0 Å². The Hall–Kier alpha value is -2.34. The summed E-state index contributed by atoms with van der Waals surface area (Å²) in [6, 6.07) is 7.04. The molecule has 3 rings (SSSR count). The van der Waals surface area contributed by atoms with Crippen LogP contribution in [0.15, 0.2) is 24.3 Å². The van der Waals surface area contributed by atoms with Crippen LogP contribution < -0.4 is 0 Å². The van der Waals surface area contributed by atoms with E-state index in [1.807, 2.05) is 36.1 Å². The number of carboxylic acid groups (broad SMARTS) is 1. The summed E-state index contributed by atoms with van der Waals surface area (Å²) in [4.78, 5) is 28.9. The molecule has 1 aliphatic rings. The topological polar surface area (TPSA) is 82.6 Å². The molecule has 1 atom stereocenters. The Morgan fingerprint density at radius 1 is 1.29 bits per heavy atom. The number of carbonyl (C=O) groups excluding carboxylic acids is 1. The Kier molecular flexibility index (Phi) is 4.57. The Morgan fingerprint density at radius 3 is 2.58 bits per heavy atom. The maximum atomic E-state index is 12.0. The lowest BCUT2D eigenvalue weighted by molar-refractivity contribution is -0.148. The highest BCUT2D eigenvalue weighted by Crippen LogP contribution is 2.34. The lowest BCUT2D eigenvalue weighted by atomic mass is 9.93. The number of ether oxygens (including phenoxy) is 1. The van der Waals surface area contributed by atoms with Gasteiger partial charge in [-0.1, -0.05) is 18.2 Å². The van der Waals surface area contributed by atoms with Gasteiger partial charge in [-0.25, -0.2) is 0 Å². The van der Waals surface area contributed by atoms with Crippen LogP contribution in [0.3, 0.4) is 0 Å². The fourth-order valence-corrected chi connectivity index (χ4v) is 3.67. The van der Waals surface area contributed by atoms with Gasteiger partial charge < -0.3 is 14.8 Å². The van der Waals surface area contributed by atoms with E-state index in [9.17, 15) is 14.7 Å². The van der Waals surface area contributed by atoms with E-state index >= 15 is 0 Å². The molecular formula is C18H22N2O4. The summed E-state index contributed by atoms with van der Waals surface area (Å²) in [5.74, 6) is -1.20. The molecule has 6 nitrogen and oxygen atoms in total. The number of carbonyl (C=O) groups is 2. The van der Waals surface area contributed by atoms with E-state index in [1.54, 1.807) is 0 Å². The summed E-state index contributed by atoms with van der Waals surface area (Å²) in [7, 11) is 1.39. The number of para-hydroxylation sites is 1. The first-order chi connectivity index (χ1) is 11.5. The number of benzene rings is 1. The quantitative estimate of drug-likeness (QED) is 0.842. The van der Waals surface area contributed by atoms with Crippen LogP contribution in [0.1, 0.15) is 30.1 Å². The molecule has 6 heteroatoms. The number of H-pyrrole nitrogens is 1. The fourth-order valence-electron chi connectivity index (χ4n) is 3.67. The molecule has 2 aromatic rings. The number of piperidine rings is 1. The summed E-state index contributed by atoms with van der Waals surface area (Å²) in [5, 5.41) is 10.8. The maximum absolute atomic E-state index is 12.0. The number of aromatic amines is 1. The van der Waals surface area contributed by atoms with E-state index in [0.29, 0.717) is 25.9 Å². The van der Waals surface area contributed by atoms with Gasteiger partial charge in [0, 0.05) is 35.2 Å².